The van der Waals surface area contributed by atoms with E-state index in [1.54, 1.807) is 0 Å². The molecule has 282 valence electrons. The summed E-state index contributed by atoms with van der Waals surface area (Å²) in [6.07, 6.45) is 0. The van der Waals surface area contributed by atoms with Gasteiger partial charge in [0.05, 0.1) is 11.0 Å². The minimum Gasteiger partial charge on any atom is -0.308 e. The summed E-state index contributed by atoms with van der Waals surface area (Å²) in [5.74, 6) is 1.93. The Kier molecular flexibility index (Phi) is 7.54. The number of rotatable bonds is 5. The Balaban J connectivity index is 1.12. The van der Waals surface area contributed by atoms with Gasteiger partial charge in [-0.1, -0.05) is 172 Å². The molecule has 0 saturated carbocycles. The van der Waals surface area contributed by atoms with Crippen LogP contribution in [0.1, 0.15) is 25.0 Å². The number of hydrogen-bond donors (Lipinski definition) is 0. The lowest BCUT2D eigenvalue weighted by atomic mass is 9.81. The van der Waals surface area contributed by atoms with Crippen LogP contribution >= 0.6 is 0 Å². The highest BCUT2D eigenvalue weighted by atomic mass is 15.0. The molecule has 0 N–H and O–H groups in total. The third-order valence-corrected chi connectivity index (χ3v) is 12.6. The SMILES string of the molecule is CC1(C)c2ccccc2-c2ccc(-c3c4ccccc4cc4c5ccc6ccccc6c5n(-c5ccc(-c6nc(-c7ccccc7)nc(-c7ccccc7)n6)cc5)c34)cc21. The lowest BCUT2D eigenvalue weighted by Crippen LogP contribution is -2.14. The number of hydrogen-bond acceptors (Lipinski definition) is 3. The smallest absolute Gasteiger partial charge is 0.164 e. The van der Waals surface area contributed by atoms with Crippen LogP contribution in [0.25, 0.3) is 105 Å². The van der Waals surface area contributed by atoms with Gasteiger partial charge in [0.2, 0.25) is 0 Å². The molecule has 0 radical (unpaired) electrons. The average Bonchev–Trinajstić information content (AvgIpc) is 3.76. The second kappa shape index (κ2) is 13.2. The lowest BCUT2D eigenvalue weighted by molar-refractivity contribution is 0.660. The molecule has 2 aromatic heterocycles. The number of benzene rings is 9. The molecule has 4 nitrogen and oxygen atoms in total. The highest BCUT2D eigenvalue weighted by Crippen LogP contribution is 2.51. The molecular formula is C56H38N4. The molecule has 4 heteroatoms. The van der Waals surface area contributed by atoms with Gasteiger partial charge >= 0.3 is 0 Å². The zero-order valence-electron chi connectivity index (χ0n) is 33.3. The van der Waals surface area contributed by atoms with E-state index in [-0.39, 0.29) is 5.41 Å². The molecular weight excluding hydrogens is 729 g/mol. The lowest BCUT2D eigenvalue weighted by Gasteiger charge is -2.22. The molecule has 9 aromatic carbocycles. The molecule has 0 atom stereocenters. The minimum absolute atomic E-state index is 0.125. The topological polar surface area (TPSA) is 43.6 Å². The van der Waals surface area contributed by atoms with Crippen LogP contribution in [0.5, 0.6) is 0 Å². The van der Waals surface area contributed by atoms with Gasteiger partial charge in [0, 0.05) is 49.5 Å². The standard InChI is InChI=1S/C56H38N4/c1-56(2)48-24-14-13-23-44(48)45-31-28-40(34-49(45)56)50-42-21-11-10-20-39(42)33-47-46-32-27-35-15-9-12-22-43(35)51(46)60(52(47)50)41-29-25-38(26-30-41)55-58-53(36-16-5-3-6-17-36)57-54(59-55)37-18-7-4-8-19-37/h3-34H,1-2H3. The molecule has 0 unspecified atom stereocenters. The van der Waals surface area contributed by atoms with E-state index in [1.165, 1.54) is 76.7 Å². The van der Waals surface area contributed by atoms with E-state index in [9.17, 15) is 0 Å². The summed E-state index contributed by atoms with van der Waals surface area (Å²) in [7, 11) is 0. The number of fused-ring (bicyclic) bond motifs is 9. The molecule has 1 aliphatic carbocycles. The first-order valence-corrected chi connectivity index (χ1v) is 20.6. The third-order valence-electron chi connectivity index (χ3n) is 12.6. The van der Waals surface area contributed by atoms with Crippen LogP contribution in [0, 0.1) is 0 Å². The molecule has 0 bridgehead atoms. The number of nitrogens with zero attached hydrogens (tertiary/aromatic N) is 4. The van der Waals surface area contributed by atoms with E-state index in [2.05, 4.69) is 152 Å². The Hall–Kier alpha value is -7.69. The zero-order chi connectivity index (χ0) is 40.0. The molecule has 11 aromatic rings. The second-order valence-electron chi connectivity index (χ2n) is 16.4. The summed E-state index contributed by atoms with van der Waals surface area (Å²) in [6.45, 7) is 4.73. The zero-order valence-corrected chi connectivity index (χ0v) is 33.3. The van der Waals surface area contributed by atoms with Crippen molar-refractivity contribution in [2.75, 3.05) is 0 Å². The van der Waals surface area contributed by atoms with Gasteiger partial charge in [0.1, 0.15) is 0 Å². The maximum atomic E-state index is 5.05. The van der Waals surface area contributed by atoms with E-state index < -0.39 is 0 Å². The monoisotopic (exact) mass is 766 g/mol. The summed E-state index contributed by atoms with van der Waals surface area (Å²) in [4.78, 5) is 15.0. The average molecular weight is 767 g/mol. The maximum absolute atomic E-state index is 5.05. The van der Waals surface area contributed by atoms with Crippen LogP contribution < -0.4 is 0 Å². The van der Waals surface area contributed by atoms with E-state index in [1.807, 2.05) is 60.7 Å². The van der Waals surface area contributed by atoms with Crippen LogP contribution in [0.2, 0.25) is 0 Å². The Labute approximate surface area is 348 Å². The summed E-state index contributed by atoms with van der Waals surface area (Å²) in [6, 6.07) is 69.7. The van der Waals surface area contributed by atoms with Crippen LogP contribution in [0.3, 0.4) is 0 Å². The van der Waals surface area contributed by atoms with Gasteiger partial charge in [-0.3, -0.25) is 0 Å². The summed E-state index contributed by atoms with van der Waals surface area (Å²) in [5.41, 5.74) is 14.0. The van der Waals surface area contributed by atoms with E-state index in [0.29, 0.717) is 17.5 Å². The van der Waals surface area contributed by atoms with Gasteiger partial charge in [-0.2, -0.15) is 0 Å². The van der Waals surface area contributed by atoms with E-state index in [0.717, 1.165) is 22.4 Å². The fourth-order valence-electron chi connectivity index (χ4n) is 9.71. The van der Waals surface area contributed by atoms with Crippen LogP contribution in [0.15, 0.2) is 194 Å². The maximum Gasteiger partial charge on any atom is 0.164 e. The van der Waals surface area contributed by atoms with Gasteiger partial charge in [0.25, 0.3) is 0 Å². The molecule has 0 aliphatic heterocycles. The largest absolute Gasteiger partial charge is 0.308 e. The highest BCUT2D eigenvalue weighted by Gasteiger charge is 2.35. The normalized spacial score (nSPS) is 13.0. The Morgan fingerprint density at radius 1 is 0.367 bits per heavy atom. The van der Waals surface area contributed by atoms with Crippen molar-refractivity contribution < 1.29 is 0 Å². The van der Waals surface area contributed by atoms with Crippen molar-refractivity contribution in [1.29, 1.82) is 0 Å². The van der Waals surface area contributed by atoms with Crippen molar-refractivity contribution in [3.05, 3.63) is 205 Å². The first kappa shape index (κ1) is 34.4. The van der Waals surface area contributed by atoms with Crippen molar-refractivity contribution >= 4 is 43.4 Å². The van der Waals surface area contributed by atoms with Gasteiger partial charge in [-0.15, -0.1) is 0 Å². The van der Waals surface area contributed by atoms with Crippen LogP contribution in [-0.4, -0.2) is 19.5 Å². The Morgan fingerprint density at radius 3 is 1.62 bits per heavy atom. The third kappa shape index (κ3) is 5.20. The summed E-state index contributed by atoms with van der Waals surface area (Å²) in [5, 5.41) is 7.34. The van der Waals surface area contributed by atoms with Gasteiger partial charge in [0.15, 0.2) is 17.5 Å². The predicted molar refractivity (Wildman–Crippen MR) is 248 cm³/mol. The second-order valence-corrected chi connectivity index (χ2v) is 16.4. The van der Waals surface area contributed by atoms with Crippen molar-refractivity contribution in [3.8, 4) is 62.1 Å². The quantitative estimate of drug-likeness (QED) is 0.175. The minimum atomic E-state index is -0.125. The van der Waals surface area contributed by atoms with E-state index >= 15 is 0 Å². The Morgan fingerprint density at radius 2 is 0.917 bits per heavy atom. The number of aromatic nitrogens is 4. The molecule has 0 amide bonds. The predicted octanol–water partition coefficient (Wildman–Crippen LogP) is 14.2. The van der Waals surface area contributed by atoms with Gasteiger partial charge in [-0.25, -0.2) is 15.0 Å². The van der Waals surface area contributed by atoms with Crippen molar-refractivity contribution in [2.24, 2.45) is 0 Å². The van der Waals surface area contributed by atoms with Crippen molar-refractivity contribution in [3.63, 3.8) is 0 Å². The van der Waals surface area contributed by atoms with Crippen molar-refractivity contribution in [1.82, 2.24) is 19.5 Å². The van der Waals surface area contributed by atoms with Crippen molar-refractivity contribution in [2.45, 2.75) is 19.3 Å². The molecule has 0 spiro atoms. The highest BCUT2D eigenvalue weighted by molar-refractivity contribution is 6.25. The molecule has 1 aliphatic rings. The molecule has 0 saturated heterocycles. The van der Waals surface area contributed by atoms with Gasteiger partial charge in [-0.05, 0) is 80.4 Å². The molecule has 60 heavy (non-hydrogen) atoms. The van der Waals surface area contributed by atoms with E-state index in [4.69, 9.17) is 15.0 Å². The fraction of sp³-hybridized carbons (Fsp3) is 0.0536. The molecule has 2 heterocycles. The van der Waals surface area contributed by atoms with Crippen LogP contribution in [0.4, 0.5) is 0 Å². The molecule has 12 rings (SSSR count). The molecule has 0 fully saturated rings. The summed E-state index contributed by atoms with van der Waals surface area (Å²) < 4.78 is 2.50. The Bertz CT molecular complexity index is 3430. The van der Waals surface area contributed by atoms with Crippen LogP contribution in [-0.2, 0) is 5.41 Å². The first-order valence-electron chi connectivity index (χ1n) is 20.6. The van der Waals surface area contributed by atoms with Gasteiger partial charge < -0.3 is 4.57 Å². The first-order chi connectivity index (χ1) is 29.5. The summed E-state index contributed by atoms with van der Waals surface area (Å²) >= 11 is 0. The fourth-order valence-corrected chi connectivity index (χ4v) is 9.71.